The van der Waals surface area contributed by atoms with E-state index in [1.165, 1.54) is 13.1 Å². The van der Waals surface area contributed by atoms with E-state index in [0.717, 1.165) is 24.0 Å². The molecule has 1 radical (unpaired) electrons. The summed E-state index contributed by atoms with van der Waals surface area (Å²) in [5.41, 5.74) is 3.24. The van der Waals surface area contributed by atoms with Crippen molar-refractivity contribution >= 4 is 35.5 Å². The lowest BCUT2D eigenvalue weighted by molar-refractivity contribution is -0.132. The molecule has 4 heterocycles. The first-order valence-electron chi connectivity index (χ1n) is 12.4. The van der Waals surface area contributed by atoms with Gasteiger partial charge in [0.15, 0.2) is 5.78 Å². The number of likely N-dealkylation sites (tertiary alicyclic amines) is 1. The summed E-state index contributed by atoms with van der Waals surface area (Å²) in [6.07, 6.45) is 12.3. The topological polar surface area (TPSA) is 106 Å². The number of aliphatic imine (C=N–C) groups is 1. The minimum absolute atomic E-state index is 0.0208. The molecule has 1 amide bonds. The number of amides is 1. The van der Waals surface area contributed by atoms with Gasteiger partial charge in [0, 0.05) is 48.5 Å². The highest BCUT2D eigenvalue weighted by atomic mass is 16.2. The van der Waals surface area contributed by atoms with E-state index >= 15 is 0 Å². The predicted octanol–water partition coefficient (Wildman–Crippen LogP) is 3.56. The van der Waals surface area contributed by atoms with E-state index < -0.39 is 0 Å². The van der Waals surface area contributed by atoms with E-state index in [4.69, 9.17) is 0 Å². The van der Waals surface area contributed by atoms with Gasteiger partial charge in [-0.3, -0.25) is 24.2 Å². The first-order valence-corrected chi connectivity index (χ1v) is 12.4. The van der Waals surface area contributed by atoms with Crippen LogP contribution in [0.4, 0.5) is 0 Å². The average molecular weight is 494 g/mol. The molecular formula is C27H29BN7O2. The van der Waals surface area contributed by atoms with Crippen molar-refractivity contribution in [2.45, 2.75) is 59.1 Å². The maximum atomic E-state index is 13.7. The molecule has 1 saturated heterocycles. The molecule has 0 spiro atoms. The van der Waals surface area contributed by atoms with Crippen LogP contribution in [-0.4, -0.2) is 66.2 Å². The second-order valence-electron chi connectivity index (χ2n) is 10.0. The summed E-state index contributed by atoms with van der Waals surface area (Å²) in [6.45, 7) is 11.2. The van der Waals surface area contributed by atoms with Gasteiger partial charge in [-0.05, 0) is 43.8 Å². The van der Waals surface area contributed by atoms with Crippen molar-refractivity contribution in [2.75, 3.05) is 0 Å². The van der Waals surface area contributed by atoms with Gasteiger partial charge in [-0.15, -0.1) is 0 Å². The number of pyridine rings is 1. The molecule has 0 bridgehead atoms. The highest BCUT2D eigenvalue weighted by Crippen LogP contribution is 2.59. The number of rotatable bonds is 8. The Hall–Kier alpha value is -3.95. The third-order valence-electron chi connectivity index (χ3n) is 7.23. The Balaban J connectivity index is 1.45. The van der Waals surface area contributed by atoms with E-state index in [0.29, 0.717) is 28.1 Å². The Morgan fingerprint density at radius 1 is 1.24 bits per heavy atom. The summed E-state index contributed by atoms with van der Waals surface area (Å²) >= 11 is 0. The summed E-state index contributed by atoms with van der Waals surface area (Å²) in [6, 6.07) is 2.00. The zero-order valence-corrected chi connectivity index (χ0v) is 21.5. The molecule has 1 aliphatic heterocycles. The van der Waals surface area contributed by atoms with Crippen molar-refractivity contribution in [1.82, 2.24) is 29.6 Å². The SMILES string of the molecule is C=CN=C([B]C1CC2(C)CC2N1C(=O)Cn1nc(C(C)=O)c2cc(-c3cnc(C)nc3)ncc21)/C=C\C. The minimum atomic E-state index is -0.174. The Kier molecular flexibility index (Phi) is 6.35. The van der Waals surface area contributed by atoms with Crippen LogP contribution in [0.1, 0.15) is 49.9 Å². The number of Topliss-reactive ketones (excluding diaryl/α,β-unsaturated/α-hetero) is 1. The molecule has 9 nitrogen and oxygen atoms in total. The Morgan fingerprint density at radius 2 is 2.00 bits per heavy atom. The third kappa shape index (κ3) is 4.63. The number of carbonyl (C=O) groups is 2. The van der Waals surface area contributed by atoms with Gasteiger partial charge >= 0.3 is 0 Å². The number of aromatic nitrogens is 5. The highest BCUT2D eigenvalue weighted by Gasteiger charge is 2.62. The van der Waals surface area contributed by atoms with Crippen molar-refractivity contribution in [3.63, 3.8) is 0 Å². The lowest BCUT2D eigenvalue weighted by atomic mass is 9.62. The number of hydrogen-bond acceptors (Lipinski definition) is 7. The minimum Gasteiger partial charge on any atom is -0.342 e. The predicted molar refractivity (Wildman–Crippen MR) is 143 cm³/mol. The number of aryl methyl sites for hydroxylation is 1. The summed E-state index contributed by atoms with van der Waals surface area (Å²) in [5, 5.41) is 5.19. The molecule has 0 N–H and O–H groups in total. The fraction of sp³-hybridized carbons (Fsp3) is 0.370. The van der Waals surface area contributed by atoms with Gasteiger partial charge < -0.3 is 4.90 Å². The lowest BCUT2D eigenvalue weighted by Gasteiger charge is -2.27. The molecule has 3 unspecified atom stereocenters. The van der Waals surface area contributed by atoms with Crippen LogP contribution in [0.25, 0.3) is 22.2 Å². The van der Waals surface area contributed by atoms with Crippen LogP contribution in [0.2, 0.25) is 0 Å². The Bertz CT molecular complexity index is 1460. The van der Waals surface area contributed by atoms with Gasteiger partial charge in [0.1, 0.15) is 18.1 Å². The molecule has 3 aromatic rings. The number of carbonyl (C=O) groups excluding carboxylic acids is 2. The second-order valence-corrected chi connectivity index (χ2v) is 10.0. The molecule has 5 rings (SSSR count). The Morgan fingerprint density at radius 3 is 2.68 bits per heavy atom. The van der Waals surface area contributed by atoms with Crippen molar-refractivity contribution in [1.29, 1.82) is 0 Å². The number of nitrogens with zero attached hydrogens (tertiary/aromatic N) is 7. The van der Waals surface area contributed by atoms with Crippen molar-refractivity contribution in [3.8, 4) is 11.3 Å². The molecule has 10 heteroatoms. The maximum Gasteiger partial charge on any atom is 0.244 e. The molecular weight excluding hydrogens is 465 g/mol. The van der Waals surface area contributed by atoms with Gasteiger partial charge in [0.2, 0.25) is 13.2 Å². The fourth-order valence-electron chi connectivity index (χ4n) is 5.30. The van der Waals surface area contributed by atoms with Gasteiger partial charge in [0.05, 0.1) is 17.4 Å². The third-order valence-corrected chi connectivity index (χ3v) is 7.23. The normalized spacial score (nSPS) is 22.9. The quantitative estimate of drug-likeness (QED) is 0.269. The van der Waals surface area contributed by atoms with Crippen LogP contribution in [0.3, 0.4) is 0 Å². The molecule has 1 saturated carbocycles. The van der Waals surface area contributed by atoms with Gasteiger partial charge in [-0.25, -0.2) is 9.97 Å². The summed E-state index contributed by atoms with van der Waals surface area (Å²) in [7, 11) is 2.04. The molecule has 3 atom stereocenters. The number of hydrogen-bond donors (Lipinski definition) is 0. The molecule has 187 valence electrons. The summed E-state index contributed by atoms with van der Waals surface area (Å²) in [5.74, 6) is 0.388. The molecule has 0 aromatic carbocycles. The first kappa shape index (κ1) is 24.7. The van der Waals surface area contributed by atoms with E-state index in [1.54, 1.807) is 23.3 Å². The van der Waals surface area contributed by atoms with E-state index in [-0.39, 0.29) is 35.6 Å². The number of piperidine rings is 1. The second kappa shape index (κ2) is 9.50. The number of fused-ring (bicyclic) bond motifs is 2. The smallest absolute Gasteiger partial charge is 0.244 e. The zero-order valence-electron chi connectivity index (χ0n) is 21.5. The van der Waals surface area contributed by atoms with Crippen LogP contribution in [-0.2, 0) is 11.3 Å². The largest absolute Gasteiger partial charge is 0.342 e. The standard InChI is InChI=1S/C27H29BN7O2/c1-6-8-23(29-7-2)28-24-11-27(5)10-22(27)35(24)25(37)15-34-21-14-32-20(18-12-30-17(4)31-13-18)9-19(21)26(33-34)16(3)36/h6-9,12-14,22,24H,2,10-11,15H2,1,3-5H3/b8-6-,29-23?. The van der Waals surface area contributed by atoms with Crippen molar-refractivity contribution in [3.05, 3.63) is 61.1 Å². The van der Waals surface area contributed by atoms with E-state index in [9.17, 15) is 9.59 Å². The van der Waals surface area contributed by atoms with Gasteiger partial charge in [-0.2, -0.15) is 5.10 Å². The zero-order chi connectivity index (χ0) is 26.3. The first-order chi connectivity index (χ1) is 17.7. The van der Waals surface area contributed by atoms with Crippen molar-refractivity contribution < 1.29 is 9.59 Å². The van der Waals surface area contributed by atoms with Crippen molar-refractivity contribution in [2.24, 2.45) is 10.4 Å². The maximum absolute atomic E-state index is 13.7. The van der Waals surface area contributed by atoms with Crippen LogP contribution in [0.15, 0.2) is 54.6 Å². The molecule has 2 aliphatic rings. The van der Waals surface area contributed by atoms with E-state index in [2.05, 4.69) is 38.5 Å². The highest BCUT2D eigenvalue weighted by molar-refractivity contribution is 6.79. The number of ketones is 1. The van der Waals surface area contributed by atoms with Crippen LogP contribution in [0, 0.1) is 12.3 Å². The fourth-order valence-corrected chi connectivity index (χ4v) is 5.30. The molecule has 1 aliphatic carbocycles. The molecule has 3 aromatic heterocycles. The van der Waals surface area contributed by atoms with Gasteiger partial charge in [-0.1, -0.05) is 25.7 Å². The summed E-state index contributed by atoms with van der Waals surface area (Å²) < 4.78 is 1.59. The van der Waals surface area contributed by atoms with Crippen LogP contribution >= 0.6 is 0 Å². The number of allylic oxidation sites excluding steroid dienone is 2. The van der Waals surface area contributed by atoms with Crippen LogP contribution < -0.4 is 0 Å². The van der Waals surface area contributed by atoms with Gasteiger partial charge in [0.25, 0.3) is 0 Å². The average Bonchev–Trinajstić information content (AvgIpc) is 3.23. The summed E-state index contributed by atoms with van der Waals surface area (Å²) in [4.78, 5) is 45.5. The monoisotopic (exact) mass is 494 g/mol. The Labute approximate surface area is 216 Å². The molecule has 37 heavy (non-hydrogen) atoms. The lowest BCUT2D eigenvalue weighted by Crippen LogP contribution is -2.45. The van der Waals surface area contributed by atoms with Crippen LogP contribution in [0.5, 0.6) is 0 Å². The molecule has 2 fully saturated rings. The van der Waals surface area contributed by atoms with E-state index in [1.807, 2.05) is 44.2 Å².